The number of anilines is 1. The van der Waals surface area contributed by atoms with Crippen LogP contribution in [0.15, 0.2) is 18.2 Å². The zero-order valence-electron chi connectivity index (χ0n) is 9.29. The molecule has 0 bridgehead atoms. The molecule has 1 aromatic carbocycles. The van der Waals surface area contributed by atoms with Crippen molar-refractivity contribution >= 4 is 28.3 Å². The molecular weight excluding hydrogens is 301 g/mol. The molecule has 1 rings (SSSR count). The molecule has 0 saturated carbocycles. The summed E-state index contributed by atoms with van der Waals surface area (Å²) in [5, 5.41) is 0. The second-order valence-electron chi connectivity index (χ2n) is 3.89. The topological polar surface area (TPSA) is 35.2 Å². The van der Waals surface area contributed by atoms with Crippen LogP contribution >= 0.6 is 22.6 Å². The average molecular weight is 319 g/mol. The molecule has 0 spiro atoms. The first kappa shape index (κ1) is 12.6. The third-order valence-corrected chi connectivity index (χ3v) is 3.10. The van der Waals surface area contributed by atoms with E-state index in [2.05, 4.69) is 36.4 Å². The Hall–Kier alpha value is -0.450. The fourth-order valence-electron chi connectivity index (χ4n) is 1.44. The fraction of sp³-hybridized carbons (Fsp3) is 0.500. The quantitative estimate of drug-likeness (QED) is 0.664. The SMILES string of the molecule is CCCC(C)COc1ccc(N)cc1I. The molecule has 0 radical (unpaired) electrons. The Morgan fingerprint density at radius 3 is 2.80 bits per heavy atom. The van der Waals surface area contributed by atoms with E-state index in [1.807, 2.05) is 18.2 Å². The Labute approximate surface area is 105 Å². The number of hydrogen-bond acceptors (Lipinski definition) is 2. The van der Waals surface area contributed by atoms with Crippen LogP contribution in [-0.2, 0) is 0 Å². The lowest BCUT2D eigenvalue weighted by molar-refractivity contribution is 0.250. The van der Waals surface area contributed by atoms with Gasteiger partial charge in [0.2, 0.25) is 0 Å². The van der Waals surface area contributed by atoms with Crippen LogP contribution in [0.5, 0.6) is 5.75 Å². The minimum atomic E-state index is 0.614. The van der Waals surface area contributed by atoms with Gasteiger partial charge in [-0.05, 0) is 53.1 Å². The van der Waals surface area contributed by atoms with Gasteiger partial charge in [-0.25, -0.2) is 0 Å². The summed E-state index contributed by atoms with van der Waals surface area (Å²) >= 11 is 2.25. The molecule has 0 heterocycles. The Kier molecular flexibility index (Phi) is 5.22. The molecule has 0 fully saturated rings. The van der Waals surface area contributed by atoms with Gasteiger partial charge in [0.05, 0.1) is 10.2 Å². The van der Waals surface area contributed by atoms with E-state index in [0.717, 1.165) is 21.6 Å². The van der Waals surface area contributed by atoms with Crippen LogP contribution in [0, 0.1) is 9.49 Å². The number of hydrogen-bond donors (Lipinski definition) is 1. The molecule has 1 aromatic rings. The van der Waals surface area contributed by atoms with Crippen molar-refractivity contribution in [1.29, 1.82) is 0 Å². The van der Waals surface area contributed by atoms with E-state index in [1.54, 1.807) is 0 Å². The van der Waals surface area contributed by atoms with Crippen molar-refractivity contribution in [3.05, 3.63) is 21.8 Å². The maximum atomic E-state index is 5.74. The van der Waals surface area contributed by atoms with E-state index in [-0.39, 0.29) is 0 Å². The first-order chi connectivity index (χ1) is 7.13. The van der Waals surface area contributed by atoms with E-state index in [1.165, 1.54) is 12.8 Å². The van der Waals surface area contributed by atoms with Crippen molar-refractivity contribution in [1.82, 2.24) is 0 Å². The van der Waals surface area contributed by atoms with Crippen LogP contribution < -0.4 is 10.5 Å². The zero-order valence-corrected chi connectivity index (χ0v) is 11.5. The summed E-state index contributed by atoms with van der Waals surface area (Å²) in [5.41, 5.74) is 6.46. The molecule has 0 aliphatic heterocycles. The van der Waals surface area contributed by atoms with Crippen molar-refractivity contribution in [2.45, 2.75) is 26.7 Å². The molecule has 0 aliphatic rings. The molecule has 1 atom stereocenters. The highest BCUT2D eigenvalue weighted by atomic mass is 127. The minimum absolute atomic E-state index is 0.614. The number of ether oxygens (including phenoxy) is 1. The van der Waals surface area contributed by atoms with Gasteiger partial charge >= 0.3 is 0 Å². The monoisotopic (exact) mass is 319 g/mol. The van der Waals surface area contributed by atoms with Gasteiger partial charge in [0.15, 0.2) is 0 Å². The number of benzene rings is 1. The van der Waals surface area contributed by atoms with E-state index in [9.17, 15) is 0 Å². The van der Waals surface area contributed by atoms with Crippen LogP contribution in [0.4, 0.5) is 5.69 Å². The average Bonchev–Trinajstić information content (AvgIpc) is 2.17. The first-order valence-electron chi connectivity index (χ1n) is 5.31. The maximum Gasteiger partial charge on any atom is 0.132 e. The van der Waals surface area contributed by atoms with Crippen LogP contribution in [0.2, 0.25) is 0 Å². The van der Waals surface area contributed by atoms with Crippen LogP contribution in [-0.4, -0.2) is 6.61 Å². The highest BCUT2D eigenvalue weighted by Crippen LogP contribution is 2.23. The van der Waals surface area contributed by atoms with E-state index < -0.39 is 0 Å². The largest absolute Gasteiger partial charge is 0.492 e. The van der Waals surface area contributed by atoms with Crippen molar-refractivity contribution in [2.24, 2.45) is 5.92 Å². The Balaban J connectivity index is 2.50. The molecule has 0 amide bonds. The lowest BCUT2D eigenvalue weighted by Gasteiger charge is -2.13. The van der Waals surface area contributed by atoms with Gasteiger partial charge in [-0.2, -0.15) is 0 Å². The van der Waals surface area contributed by atoms with Gasteiger partial charge < -0.3 is 10.5 Å². The molecule has 3 heteroatoms. The molecule has 2 nitrogen and oxygen atoms in total. The normalized spacial score (nSPS) is 12.5. The Bertz CT molecular complexity index is 314. The fourth-order valence-corrected chi connectivity index (χ4v) is 2.14. The molecule has 15 heavy (non-hydrogen) atoms. The number of nitrogen functional groups attached to an aromatic ring is 1. The summed E-state index contributed by atoms with van der Waals surface area (Å²) < 4.78 is 6.82. The van der Waals surface area contributed by atoms with Crippen molar-refractivity contribution in [2.75, 3.05) is 12.3 Å². The Morgan fingerprint density at radius 1 is 1.47 bits per heavy atom. The highest BCUT2D eigenvalue weighted by molar-refractivity contribution is 14.1. The van der Waals surface area contributed by atoms with Crippen molar-refractivity contribution in [3.8, 4) is 5.75 Å². The highest BCUT2D eigenvalue weighted by Gasteiger charge is 2.04. The molecule has 1 unspecified atom stereocenters. The predicted molar refractivity (Wildman–Crippen MR) is 73.1 cm³/mol. The van der Waals surface area contributed by atoms with Gasteiger partial charge in [-0.3, -0.25) is 0 Å². The number of nitrogens with two attached hydrogens (primary N) is 1. The minimum Gasteiger partial charge on any atom is -0.492 e. The van der Waals surface area contributed by atoms with Gasteiger partial charge in [0.25, 0.3) is 0 Å². The zero-order chi connectivity index (χ0) is 11.3. The summed E-state index contributed by atoms with van der Waals surface area (Å²) in [5.74, 6) is 1.55. The third kappa shape index (κ3) is 4.28. The lowest BCUT2D eigenvalue weighted by atomic mass is 10.1. The summed E-state index contributed by atoms with van der Waals surface area (Å²) in [7, 11) is 0. The Morgan fingerprint density at radius 2 is 2.20 bits per heavy atom. The smallest absolute Gasteiger partial charge is 0.132 e. The van der Waals surface area contributed by atoms with Gasteiger partial charge in [0.1, 0.15) is 5.75 Å². The van der Waals surface area contributed by atoms with Gasteiger partial charge in [-0.1, -0.05) is 20.3 Å². The second-order valence-corrected chi connectivity index (χ2v) is 5.06. The first-order valence-corrected chi connectivity index (χ1v) is 6.39. The van der Waals surface area contributed by atoms with E-state index in [0.29, 0.717) is 5.92 Å². The van der Waals surface area contributed by atoms with Gasteiger partial charge in [-0.15, -0.1) is 0 Å². The molecule has 84 valence electrons. The molecule has 2 N–H and O–H groups in total. The number of rotatable bonds is 5. The predicted octanol–water partition coefficient (Wildman–Crippen LogP) is 3.69. The van der Waals surface area contributed by atoms with E-state index in [4.69, 9.17) is 10.5 Å². The van der Waals surface area contributed by atoms with Crippen molar-refractivity contribution < 1.29 is 4.74 Å². The van der Waals surface area contributed by atoms with Crippen LogP contribution in [0.25, 0.3) is 0 Å². The third-order valence-electron chi connectivity index (χ3n) is 2.26. The summed E-state index contributed by atoms with van der Waals surface area (Å²) in [6.45, 7) is 5.20. The van der Waals surface area contributed by atoms with Crippen LogP contribution in [0.1, 0.15) is 26.7 Å². The summed E-state index contributed by atoms with van der Waals surface area (Å²) in [4.78, 5) is 0. The summed E-state index contributed by atoms with van der Waals surface area (Å²) in [6, 6.07) is 5.75. The standard InChI is InChI=1S/C12H18INO/c1-3-4-9(2)8-15-12-6-5-10(14)7-11(12)13/h5-7,9H,3-4,8,14H2,1-2H3. The summed E-state index contributed by atoms with van der Waals surface area (Å²) in [6.07, 6.45) is 2.43. The maximum absolute atomic E-state index is 5.74. The van der Waals surface area contributed by atoms with E-state index >= 15 is 0 Å². The molecule has 0 aromatic heterocycles. The molecule has 0 saturated heterocycles. The second kappa shape index (κ2) is 6.20. The lowest BCUT2D eigenvalue weighted by Crippen LogP contribution is -2.08. The molecular formula is C12H18INO. The number of halogens is 1. The molecule has 0 aliphatic carbocycles. The van der Waals surface area contributed by atoms with Gasteiger partial charge in [0, 0.05) is 5.69 Å². The van der Waals surface area contributed by atoms with Crippen LogP contribution in [0.3, 0.4) is 0 Å². The van der Waals surface area contributed by atoms with Crippen molar-refractivity contribution in [3.63, 3.8) is 0 Å².